The zero-order valence-corrected chi connectivity index (χ0v) is 15.3. The Labute approximate surface area is 149 Å². The third-order valence-corrected chi connectivity index (χ3v) is 4.07. The summed E-state index contributed by atoms with van der Waals surface area (Å²) in [5.41, 5.74) is 2.67. The first-order chi connectivity index (χ1) is 11.9. The molecule has 1 unspecified atom stereocenters. The molecule has 2 rings (SSSR count). The first kappa shape index (κ1) is 18.8. The fourth-order valence-electron chi connectivity index (χ4n) is 2.76. The van der Waals surface area contributed by atoms with Gasteiger partial charge in [-0.05, 0) is 60.2 Å². The van der Waals surface area contributed by atoms with Crippen molar-refractivity contribution in [3.8, 4) is 11.5 Å². The molecule has 0 amide bonds. The van der Waals surface area contributed by atoms with Crippen LogP contribution in [0, 0.1) is 12.8 Å². The standard InChI is InChI=1S/C21H26O4/c1-14(2)13-25-18-7-5-6-16(11-18)12-20(21(22)23)19-9-8-17(24-4)10-15(19)3/h5-11,14,20H,12-13H2,1-4H3,(H,22,23). The largest absolute Gasteiger partial charge is 0.497 e. The first-order valence-corrected chi connectivity index (χ1v) is 8.49. The van der Waals surface area contributed by atoms with E-state index in [9.17, 15) is 9.90 Å². The predicted molar refractivity (Wildman–Crippen MR) is 98.6 cm³/mol. The summed E-state index contributed by atoms with van der Waals surface area (Å²) in [6.07, 6.45) is 0.418. The molecular formula is C21H26O4. The summed E-state index contributed by atoms with van der Waals surface area (Å²) in [7, 11) is 1.60. The lowest BCUT2D eigenvalue weighted by atomic mass is 9.89. The van der Waals surface area contributed by atoms with Crippen LogP contribution in [-0.2, 0) is 11.2 Å². The Hall–Kier alpha value is -2.49. The normalized spacial score (nSPS) is 12.0. The number of carbonyl (C=O) groups is 1. The van der Waals surface area contributed by atoms with Crippen LogP contribution in [0.4, 0.5) is 0 Å². The molecule has 0 aliphatic heterocycles. The fraction of sp³-hybridized carbons (Fsp3) is 0.381. The van der Waals surface area contributed by atoms with Gasteiger partial charge in [0.25, 0.3) is 0 Å². The van der Waals surface area contributed by atoms with Gasteiger partial charge < -0.3 is 14.6 Å². The van der Waals surface area contributed by atoms with E-state index in [1.54, 1.807) is 13.2 Å². The molecule has 0 fully saturated rings. The maximum absolute atomic E-state index is 11.8. The van der Waals surface area contributed by atoms with Crippen LogP contribution in [0.2, 0.25) is 0 Å². The van der Waals surface area contributed by atoms with E-state index in [0.717, 1.165) is 28.2 Å². The minimum Gasteiger partial charge on any atom is -0.497 e. The number of carboxylic acid groups (broad SMARTS) is 1. The monoisotopic (exact) mass is 342 g/mol. The van der Waals surface area contributed by atoms with Gasteiger partial charge in [0.2, 0.25) is 0 Å². The third kappa shape index (κ3) is 5.24. The molecule has 134 valence electrons. The number of hydrogen-bond acceptors (Lipinski definition) is 3. The summed E-state index contributed by atoms with van der Waals surface area (Å²) in [5.74, 6) is 0.515. The number of carboxylic acids is 1. The molecule has 1 atom stereocenters. The Morgan fingerprint density at radius 2 is 1.88 bits per heavy atom. The number of methoxy groups -OCH3 is 1. The van der Waals surface area contributed by atoms with Gasteiger partial charge in [0.1, 0.15) is 11.5 Å². The summed E-state index contributed by atoms with van der Waals surface area (Å²) in [5, 5.41) is 9.72. The molecule has 2 aromatic rings. The lowest BCUT2D eigenvalue weighted by Gasteiger charge is -2.17. The summed E-state index contributed by atoms with van der Waals surface area (Å²) < 4.78 is 11.0. The molecule has 0 aromatic heterocycles. The molecule has 0 aliphatic carbocycles. The minimum atomic E-state index is -0.832. The van der Waals surface area contributed by atoms with E-state index in [2.05, 4.69) is 13.8 Å². The Bertz CT molecular complexity index is 722. The van der Waals surface area contributed by atoms with Gasteiger partial charge in [0.15, 0.2) is 0 Å². The van der Waals surface area contributed by atoms with E-state index in [1.807, 2.05) is 43.3 Å². The van der Waals surface area contributed by atoms with Crippen LogP contribution < -0.4 is 9.47 Å². The smallest absolute Gasteiger partial charge is 0.311 e. The Balaban J connectivity index is 2.22. The van der Waals surface area contributed by atoms with Crippen molar-refractivity contribution in [1.82, 2.24) is 0 Å². The average molecular weight is 342 g/mol. The van der Waals surface area contributed by atoms with E-state index >= 15 is 0 Å². The van der Waals surface area contributed by atoms with Crippen LogP contribution in [-0.4, -0.2) is 24.8 Å². The molecule has 4 nitrogen and oxygen atoms in total. The molecule has 0 saturated heterocycles. The summed E-state index contributed by atoms with van der Waals surface area (Å²) in [4.78, 5) is 11.8. The molecule has 25 heavy (non-hydrogen) atoms. The maximum Gasteiger partial charge on any atom is 0.311 e. The highest BCUT2D eigenvalue weighted by Crippen LogP contribution is 2.28. The van der Waals surface area contributed by atoms with E-state index < -0.39 is 11.9 Å². The zero-order valence-electron chi connectivity index (χ0n) is 15.3. The molecule has 0 aliphatic rings. The summed E-state index contributed by atoms with van der Waals surface area (Å²) >= 11 is 0. The Kier molecular flexibility index (Phi) is 6.45. The molecule has 4 heteroatoms. The zero-order chi connectivity index (χ0) is 18.4. The van der Waals surface area contributed by atoms with Gasteiger partial charge in [-0.3, -0.25) is 4.79 Å². The topological polar surface area (TPSA) is 55.8 Å². The van der Waals surface area contributed by atoms with Crippen molar-refractivity contribution in [2.45, 2.75) is 33.1 Å². The van der Waals surface area contributed by atoms with E-state index in [-0.39, 0.29) is 0 Å². The van der Waals surface area contributed by atoms with Gasteiger partial charge >= 0.3 is 5.97 Å². The molecule has 1 N–H and O–H groups in total. The van der Waals surface area contributed by atoms with Crippen molar-refractivity contribution >= 4 is 5.97 Å². The second-order valence-corrected chi connectivity index (χ2v) is 6.67. The average Bonchev–Trinajstić information content (AvgIpc) is 2.58. The van der Waals surface area contributed by atoms with Crippen molar-refractivity contribution in [3.05, 3.63) is 59.2 Å². The quantitative estimate of drug-likeness (QED) is 0.770. The highest BCUT2D eigenvalue weighted by Gasteiger charge is 2.22. The van der Waals surface area contributed by atoms with Crippen molar-refractivity contribution in [3.63, 3.8) is 0 Å². The number of rotatable bonds is 8. The van der Waals surface area contributed by atoms with E-state index in [0.29, 0.717) is 18.9 Å². The van der Waals surface area contributed by atoms with E-state index in [4.69, 9.17) is 9.47 Å². The van der Waals surface area contributed by atoms with Crippen LogP contribution in [0.1, 0.15) is 36.5 Å². The van der Waals surface area contributed by atoms with Crippen molar-refractivity contribution < 1.29 is 19.4 Å². The SMILES string of the molecule is COc1ccc(C(Cc2cccc(OCC(C)C)c2)C(=O)O)c(C)c1. The highest BCUT2D eigenvalue weighted by atomic mass is 16.5. The Morgan fingerprint density at radius 3 is 2.48 bits per heavy atom. The highest BCUT2D eigenvalue weighted by molar-refractivity contribution is 5.77. The molecule has 0 bridgehead atoms. The molecular weight excluding hydrogens is 316 g/mol. The lowest BCUT2D eigenvalue weighted by Crippen LogP contribution is -2.16. The summed E-state index contributed by atoms with van der Waals surface area (Å²) in [6.45, 7) is 6.74. The summed E-state index contributed by atoms with van der Waals surface area (Å²) in [6, 6.07) is 13.2. The second kappa shape index (κ2) is 8.56. The molecule has 0 saturated carbocycles. The third-order valence-electron chi connectivity index (χ3n) is 4.07. The van der Waals surface area contributed by atoms with Gasteiger partial charge in [0.05, 0.1) is 19.6 Å². The first-order valence-electron chi connectivity index (χ1n) is 8.49. The van der Waals surface area contributed by atoms with Crippen LogP contribution in [0.25, 0.3) is 0 Å². The van der Waals surface area contributed by atoms with Gasteiger partial charge in [-0.1, -0.05) is 32.0 Å². The van der Waals surface area contributed by atoms with Crippen LogP contribution >= 0.6 is 0 Å². The van der Waals surface area contributed by atoms with Crippen LogP contribution in [0.3, 0.4) is 0 Å². The Morgan fingerprint density at radius 1 is 1.12 bits per heavy atom. The van der Waals surface area contributed by atoms with Crippen LogP contribution in [0.15, 0.2) is 42.5 Å². The number of ether oxygens (including phenoxy) is 2. The van der Waals surface area contributed by atoms with Crippen molar-refractivity contribution in [2.24, 2.45) is 5.92 Å². The molecule has 0 radical (unpaired) electrons. The second-order valence-electron chi connectivity index (χ2n) is 6.67. The van der Waals surface area contributed by atoms with Gasteiger partial charge in [-0.15, -0.1) is 0 Å². The fourth-order valence-corrected chi connectivity index (χ4v) is 2.76. The molecule has 2 aromatic carbocycles. The predicted octanol–water partition coefficient (Wildman–Crippen LogP) is 4.45. The van der Waals surface area contributed by atoms with Crippen molar-refractivity contribution in [2.75, 3.05) is 13.7 Å². The lowest BCUT2D eigenvalue weighted by molar-refractivity contribution is -0.138. The number of hydrogen-bond donors (Lipinski definition) is 1. The number of benzene rings is 2. The number of aryl methyl sites for hydroxylation is 1. The van der Waals surface area contributed by atoms with Crippen molar-refractivity contribution in [1.29, 1.82) is 0 Å². The molecule has 0 spiro atoms. The number of aliphatic carboxylic acids is 1. The molecule has 0 heterocycles. The van der Waals surface area contributed by atoms with Crippen LogP contribution in [0.5, 0.6) is 11.5 Å². The maximum atomic E-state index is 11.8. The van der Waals surface area contributed by atoms with Gasteiger partial charge in [-0.25, -0.2) is 0 Å². The van der Waals surface area contributed by atoms with E-state index in [1.165, 1.54) is 0 Å². The van der Waals surface area contributed by atoms with Gasteiger partial charge in [0, 0.05) is 0 Å². The van der Waals surface area contributed by atoms with Gasteiger partial charge in [-0.2, -0.15) is 0 Å². The minimum absolute atomic E-state index is 0.418.